The van der Waals surface area contributed by atoms with Crippen LogP contribution in [0.15, 0.2) is 24.3 Å². The fourth-order valence-corrected chi connectivity index (χ4v) is 2.90. The van der Waals surface area contributed by atoms with Crippen LogP contribution in [0.3, 0.4) is 0 Å². The van der Waals surface area contributed by atoms with Crippen LogP contribution in [0.4, 0.5) is 5.95 Å². The number of sulfonamides is 1. The van der Waals surface area contributed by atoms with E-state index in [1.807, 2.05) is 31.2 Å². The van der Waals surface area contributed by atoms with Gasteiger partial charge >= 0.3 is 0 Å². The largest absolute Gasteiger partial charge is 0.353 e. The lowest BCUT2D eigenvalue weighted by Gasteiger charge is -2.17. The lowest BCUT2D eigenvalue weighted by atomic mass is 10.3. The number of fused-ring (bicyclic) bond motifs is 1. The first-order chi connectivity index (χ1) is 10.0. The van der Waals surface area contributed by atoms with Crippen LogP contribution in [0.2, 0.25) is 0 Å². The molecule has 1 aromatic carbocycles. The molecule has 0 aliphatic carbocycles. The van der Waals surface area contributed by atoms with E-state index in [1.54, 1.807) is 0 Å². The summed E-state index contributed by atoms with van der Waals surface area (Å²) in [6, 6.07) is 7.50. The Kier molecular flexibility index (Phi) is 5.03. The third kappa shape index (κ3) is 4.33. The summed E-state index contributed by atoms with van der Waals surface area (Å²) < 4.78 is 24.3. The van der Waals surface area contributed by atoms with E-state index >= 15 is 0 Å². The Hall–Kier alpha value is -1.80. The standard InChI is InChI=1S/C13H19N5O2S/c1-3-18(21(2,19)20)10-6-9-14-13-15-11-7-4-5-8-12(11)16-17-13/h4-5,7-8H,3,6,9-10H2,1-2H3,(H,14,15,17). The third-order valence-electron chi connectivity index (χ3n) is 3.05. The minimum atomic E-state index is -3.13. The van der Waals surface area contributed by atoms with Gasteiger partial charge in [0.2, 0.25) is 16.0 Å². The molecule has 7 nitrogen and oxygen atoms in total. The van der Waals surface area contributed by atoms with Crippen LogP contribution in [0.1, 0.15) is 13.3 Å². The van der Waals surface area contributed by atoms with Gasteiger partial charge < -0.3 is 5.32 Å². The van der Waals surface area contributed by atoms with Crippen LogP contribution in [-0.4, -0.2) is 53.8 Å². The predicted molar refractivity (Wildman–Crippen MR) is 82.5 cm³/mol. The summed E-state index contributed by atoms with van der Waals surface area (Å²) in [6.07, 6.45) is 1.90. The molecule has 0 spiro atoms. The van der Waals surface area contributed by atoms with Crippen molar-refractivity contribution in [3.63, 3.8) is 0 Å². The molecule has 8 heteroatoms. The van der Waals surface area contributed by atoms with Gasteiger partial charge in [0.25, 0.3) is 0 Å². The molecule has 21 heavy (non-hydrogen) atoms. The van der Waals surface area contributed by atoms with Crippen molar-refractivity contribution in [1.29, 1.82) is 0 Å². The van der Waals surface area contributed by atoms with Crippen LogP contribution >= 0.6 is 0 Å². The van der Waals surface area contributed by atoms with Gasteiger partial charge in [-0.3, -0.25) is 0 Å². The highest BCUT2D eigenvalue weighted by molar-refractivity contribution is 7.88. The molecular formula is C13H19N5O2S. The highest BCUT2D eigenvalue weighted by Crippen LogP contribution is 2.08. The summed E-state index contributed by atoms with van der Waals surface area (Å²) in [5, 5.41) is 11.1. The van der Waals surface area contributed by atoms with Crippen molar-refractivity contribution in [3.05, 3.63) is 24.3 Å². The second-order valence-electron chi connectivity index (χ2n) is 4.66. The van der Waals surface area contributed by atoms with Crippen molar-refractivity contribution in [2.45, 2.75) is 13.3 Å². The number of hydrogen-bond donors (Lipinski definition) is 1. The average molecular weight is 309 g/mol. The second-order valence-corrected chi connectivity index (χ2v) is 6.64. The molecule has 0 bridgehead atoms. The van der Waals surface area contributed by atoms with E-state index in [0.717, 1.165) is 11.0 Å². The first-order valence-corrected chi connectivity index (χ1v) is 8.64. The number of nitrogens with zero attached hydrogens (tertiary/aromatic N) is 4. The van der Waals surface area contributed by atoms with Gasteiger partial charge in [-0.1, -0.05) is 19.1 Å². The van der Waals surface area contributed by atoms with Gasteiger partial charge in [0.15, 0.2) is 0 Å². The summed E-state index contributed by atoms with van der Waals surface area (Å²) in [5.41, 5.74) is 1.53. The maximum atomic E-state index is 11.4. The van der Waals surface area contributed by atoms with Crippen molar-refractivity contribution >= 4 is 27.0 Å². The van der Waals surface area contributed by atoms with Gasteiger partial charge in [0, 0.05) is 19.6 Å². The van der Waals surface area contributed by atoms with Crippen molar-refractivity contribution in [3.8, 4) is 0 Å². The molecule has 1 aromatic heterocycles. The molecule has 0 aliphatic heterocycles. The fraction of sp³-hybridized carbons (Fsp3) is 0.462. The quantitative estimate of drug-likeness (QED) is 0.771. The molecule has 114 valence electrons. The Bertz CT molecular complexity index is 705. The smallest absolute Gasteiger partial charge is 0.243 e. The number of hydrogen-bond acceptors (Lipinski definition) is 6. The van der Waals surface area contributed by atoms with Crippen molar-refractivity contribution in [2.24, 2.45) is 0 Å². The summed E-state index contributed by atoms with van der Waals surface area (Å²) in [5.74, 6) is 0.455. The third-order valence-corrected chi connectivity index (χ3v) is 4.43. The number of anilines is 1. The summed E-state index contributed by atoms with van der Waals surface area (Å²) in [6.45, 7) is 3.37. The molecular weight excluding hydrogens is 290 g/mol. The molecule has 0 aliphatic rings. The zero-order chi connectivity index (χ0) is 15.3. The zero-order valence-corrected chi connectivity index (χ0v) is 13.0. The van der Waals surface area contributed by atoms with Crippen LogP contribution < -0.4 is 5.32 Å². The molecule has 0 unspecified atom stereocenters. The Balaban J connectivity index is 1.87. The lowest BCUT2D eigenvalue weighted by Crippen LogP contribution is -2.31. The first kappa shape index (κ1) is 15.6. The summed E-state index contributed by atoms with van der Waals surface area (Å²) in [4.78, 5) is 4.34. The normalized spacial score (nSPS) is 12.0. The Morgan fingerprint density at radius 3 is 2.57 bits per heavy atom. The number of benzene rings is 1. The van der Waals surface area contributed by atoms with E-state index in [0.29, 0.717) is 32.0 Å². The topological polar surface area (TPSA) is 88.1 Å². The maximum absolute atomic E-state index is 11.4. The molecule has 0 atom stereocenters. The molecule has 1 N–H and O–H groups in total. The van der Waals surface area contributed by atoms with E-state index in [2.05, 4.69) is 20.5 Å². The Morgan fingerprint density at radius 2 is 1.90 bits per heavy atom. The lowest BCUT2D eigenvalue weighted by molar-refractivity contribution is 0.428. The monoisotopic (exact) mass is 309 g/mol. The molecule has 0 saturated carbocycles. The Labute approximate surface area is 124 Å². The van der Waals surface area contributed by atoms with Gasteiger partial charge in [-0.05, 0) is 18.6 Å². The highest BCUT2D eigenvalue weighted by atomic mass is 32.2. The van der Waals surface area contributed by atoms with Gasteiger partial charge in [0.05, 0.1) is 11.8 Å². The number of rotatable bonds is 7. The van der Waals surface area contributed by atoms with Gasteiger partial charge in [-0.2, -0.15) is 0 Å². The highest BCUT2D eigenvalue weighted by Gasteiger charge is 2.13. The van der Waals surface area contributed by atoms with E-state index < -0.39 is 10.0 Å². The second kappa shape index (κ2) is 6.77. The van der Waals surface area contributed by atoms with E-state index in [9.17, 15) is 8.42 Å². The van der Waals surface area contributed by atoms with E-state index in [1.165, 1.54) is 10.6 Å². The number of nitrogens with one attached hydrogen (secondary N) is 1. The zero-order valence-electron chi connectivity index (χ0n) is 12.2. The first-order valence-electron chi connectivity index (χ1n) is 6.79. The van der Waals surface area contributed by atoms with Gasteiger partial charge in [-0.25, -0.2) is 17.7 Å². The summed E-state index contributed by atoms with van der Waals surface area (Å²) >= 11 is 0. The number of para-hydroxylation sites is 1. The van der Waals surface area contributed by atoms with Crippen molar-refractivity contribution in [2.75, 3.05) is 31.2 Å². The van der Waals surface area contributed by atoms with E-state index in [4.69, 9.17) is 0 Å². The predicted octanol–water partition coefficient (Wildman–Crippen LogP) is 1.11. The molecule has 2 aromatic rings. The maximum Gasteiger partial charge on any atom is 0.243 e. The van der Waals surface area contributed by atoms with Crippen molar-refractivity contribution < 1.29 is 8.42 Å². The Morgan fingerprint density at radius 1 is 1.19 bits per heavy atom. The molecule has 0 radical (unpaired) electrons. The van der Waals surface area contributed by atoms with Gasteiger partial charge in [-0.15, -0.1) is 10.2 Å². The molecule has 0 saturated heterocycles. The van der Waals surface area contributed by atoms with Gasteiger partial charge in [0.1, 0.15) is 5.52 Å². The molecule has 0 amide bonds. The van der Waals surface area contributed by atoms with Crippen LogP contribution in [0, 0.1) is 0 Å². The minimum Gasteiger partial charge on any atom is -0.353 e. The minimum absolute atomic E-state index is 0.455. The van der Waals surface area contributed by atoms with Crippen LogP contribution in [-0.2, 0) is 10.0 Å². The number of aromatic nitrogens is 3. The average Bonchev–Trinajstić information content (AvgIpc) is 2.45. The molecule has 1 heterocycles. The van der Waals surface area contributed by atoms with E-state index in [-0.39, 0.29) is 0 Å². The molecule has 0 fully saturated rings. The fourth-order valence-electron chi connectivity index (χ4n) is 1.97. The van der Waals surface area contributed by atoms with Crippen LogP contribution in [0.25, 0.3) is 11.0 Å². The summed E-state index contributed by atoms with van der Waals surface area (Å²) in [7, 11) is -3.13. The SMILES string of the molecule is CCN(CCCNc1nnc2ccccc2n1)S(C)(=O)=O. The molecule has 2 rings (SSSR count). The van der Waals surface area contributed by atoms with Crippen molar-refractivity contribution in [1.82, 2.24) is 19.5 Å². The van der Waals surface area contributed by atoms with Crippen LogP contribution in [0.5, 0.6) is 0 Å².